The fraction of sp³-hybridized carbons (Fsp3) is 0.727. The van der Waals surface area contributed by atoms with Crippen molar-refractivity contribution < 1.29 is 0 Å². The van der Waals surface area contributed by atoms with Gasteiger partial charge in [-0.3, -0.25) is 0 Å². The van der Waals surface area contributed by atoms with Gasteiger partial charge in [0, 0.05) is 23.7 Å². The van der Waals surface area contributed by atoms with E-state index in [4.69, 9.17) is 0 Å². The number of aromatic nitrogens is 1. The van der Waals surface area contributed by atoms with E-state index in [1.54, 1.807) is 11.3 Å². The lowest BCUT2D eigenvalue weighted by Crippen LogP contribution is -2.36. The third kappa shape index (κ3) is 2.34. The maximum absolute atomic E-state index is 4.44. The van der Waals surface area contributed by atoms with Gasteiger partial charge in [-0.1, -0.05) is 6.42 Å². The van der Waals surface area contributed by atoms with Gasteiger partial charge >= 0.3 is 0 Å². The number of hydrogen-bond acceptors (Lipinski definition) is 3. The van der Waals surface area contributed by atoms with Crippen molar-refractivity contribution in [1.82, 2.24) is 10.3 Å². The highest BCUT2D eigenvalue weighted by molar-refractivity contribution is 7.09. The number of hydrogen-bond donors (Lipinski definition) is 1. The second-order valence-electron chi connectivity index (χ2n) is 4.24. The monoisotopic (exact) mass is 210 g/mol. The van der Waals surface area contributed by atoms with Crippen LogP contribution >= 0.6 is 11.3 Å². The van der Waals surface area contributed by atoms with E-state index in [2.05, 4.69) is 29.5 Å². The van der Waals surface area contributed by atoms with Gasteiger partial charge in [0.2, 0.25) is 0 Å². The topological polar surface area (TPSA) is 24.9 Å². The molecule has 3 heteroatoms. The van der Waals surface area contributed by atoms with Crippen molar-refractivity contribution in [3.8, 4) is 0 Å². The molecule has 1 aliphatic rings. The van der Waals surface area contributed by atoms with E-state index in [9.17, 15) is 0 Å². The molecule has 78 valence electrons. The van der Waals surface area contributed by atoms with Crippen LogP contribution in [0.4, 0.5) is 0 Å². The Morgan fingerprint density at radius 1 is 1.64 bits per heavy atom. The molecule has 0 spiro atoms. The summed E-state index contributed by atoms with van der Waals surface area (Å²) in [5.41, 5.74) is 1.14. The fourth-order valence-corrected chi connectivity index (χ4v) is 2.56. The van der Waals surface area contributed by atoms with Crippen LogP contribution in [0.5, 0.6) is 0 Å². The minimum absolute atomic E-state index is 0.660. The molecule has 2 nitrogen and oxygen atoms in total. The van der Waals surface area contributed by atoms with Crippen LogP contribution in [0.25, 0.3) is 0 Å². The largest absolute Gasteiger partial charge is 0.308 e. The first-order valence-corrected chi connectivity index (χ1v) is 6.28. The Kier molecular flexibility index (Phi) is 3.19. The first-order chi connectivity index (χ1) is 6.75. The minimum Gasteiger partial charge on any atom is -0.308 e. The Morgan fingerprint density at radius 3 is 2.93 bits per heavy atom. The van der Waals surface area contributed by atoms with Gasteiger partial charge in [0.1, 0.15) is 5.01 Å². The third-order valence-corrected chi connectivity index (χ3v) is 4.07. The zero-order chi connectivity index (χ0) is 9.97. The molecule has 1 N–H and O–H groups in total. The van der Waals surface area contributed by atoms with Crippen LogP contribution in [0.15, 0.2) is 5.38 Å². The summed E-state index contributed by atoms with van der Waals surface area (Å²) in [7, 11) is 0. The first kappa shape index (κ1) is 10.1. The fourth-order valence-electron chi connectivity index (χ4n) is 1.84. The van der Waals surface area contributed by atoms with Crippen LogP contribution in [-0.4, -0.2) is 11.0 Å². The molecule has 1 unspecified atom stereocenters. The van der Waals surface area contributed by atoms with Crippen molar-refractivity contribution in [3.05, 3.63) is 16.1 Å². The smallest absolute Gasteiger partial charge is 0.107 e. The molecule has 1 atom stereocenters. The van der Waals surface area contributed by atoms with Crippen molar-refractivity contribution >= 4 is 11.3 Å². The van der Waals surface area contributed by atoms with Gasteiger partial charge in [-0.05, 0) is 32.6 Å². The lowest BCUT2D eigenvalue weighted by Gasteiger charge is -2.31. The van der Waals surface area contributed by atoms with Crippen LogP contribution in [0.1, 0.15) is 36.9 Å². The lowest BCUT2D eigenvalue weighted by atomic mass is 9.80. The molecule has 1 aromatic rings. The van der Waals surface area contributed by atoms with E-state index in [0.29, 0.717) is 6.04 Å². The van der Waals surface area contributed by atoms with Crippen LogP contribution in [0.2, 0.25) is 0 Å². The maximum atomic E-state index is 4.44. The Morgan fingerprint density at radius 2 is 2.43 bits per heavy atom. The minimum atomic E-state index is 0.660. The normalized spacial score (nSPS) is 19.3. The van der Waals surface area contributed by atoms with Crippen LogP contribution in [0.3, 0.4) is 0 Å². The number of aryl methyl sites for hydroxylation is 1. The molecule has 0 aliphatic heterocycles. The molecule has 1 saturated carbocycles. The van der Waals surface area contributed by atoms with E-state index in [-0.39, 0.29) is 0 Å². The Bertz CT molecular complexity index is 291. The second kappa shape index (κ2) is 4.41. The number of rotatable bonds is 4. The summed E-state index contributed by atoms with van der Waals surface area (Å²) in [5.74, 6) is 0.913. The van der Waals surface area contributed by atoms with Crippen LogP contribution in [0, 0.1) is 12.8 Å². The molecule has 0 bridgehead atoms. The average molecular weight is 210 g/mol. The highest BCUT2D eigenvalue weighted by atomic mass is 32.1. The van der Waals surface area contributed by atoms with Gasteiger partial charge in [0.25, 0.3) is 0 Å². The third-order valence-electron chi connectivity index (χ3n) is 3.10. The van der Waals surface area contributed by atoms with Gasteiger partial charge in [0.05, 0.1) is 0 Å². The molecule has 0 aromatic carbocycles. The molecule has 0 saturated heterocycles. The van der Waals surface area contributed by atoms with Gasteiger partial charge in [-0.2, -0.15) is 0 Å². The summed E-state index contributed by atoms with van der Waals surface area (Å²) in [6, 6.07) is 0.660. The first-order valence-electron chi connectivity index (χ1n) is 5.40. The predicted molar refractivity (Wildman–Crippen MR) is 60.5 cm³/mol. The van der Waals surface area contributed by atoms with E-state index >= 15 is 0 Å². The molecular formula is C11H18N2S. The summed E-state index contributed by atoms with van der Waals surface area (Å²) in [5, 5.41) is 6.89. The molecule has 2 rings (SSSR count). The molecule has 1 heterocycles. The molecule has 14 heavy (non-hydrogen) atoms. The summed E-state index contributed by atoms with van der Waals surface area (Å²) in [6.45, 7) is 5.29. The van der Waals surface area contributed by atoms with E-state index < -0.39 is 0 Å². The average Bonchev–Trinajstić information content (AvgIpc) is 2.45. The molecule has 0 amide bonds. The summed E-state index contributed by atoms with van der Waals surface area (Å²) < 4.78 is 0. The van der Waals surface area contributed by atoms with Gasteiger partial charge in [-0.25, -0.2) is 4.98 Å². The molecule has 1 fully saturated rings. The van der Waals surface area contributed by atoms with E-state index in [1.165, 1.54) is 24.3 Å². The SMILES string of the molecule is Cc1csc(CNC(C)C2CCC2)n1. The van der Waals surface area contributed by atoms with Crippen molar-refractivity contribution in [3.63, 3.8) is 0 Å². The molecule has 1 aromatic heterocycles. The Labute approximate surface area is 89.8 Å². The Hall–Kier alpha value is -0.410. The van der Waals surface area contributed by atoms with Crippen LogP contribution in [-0.2, 0) is 6.54 Å². The number of thiazole rings is 1. The highest BCUT2D eigenvalue weighted by Gasteiger charge is 2.23. The second-order valence-corrected chi connectivity index (χ2v) is 5.19. The van der Waals surface area contributed by atoms with Crippen molar-refractivity contribution in [1.29, 1.82) is 0 Å². The summed E-state index contributed by atoms with van der Waals surface area (Å²) in [6.07, 6.45) is 4.24. The lowest BCUT2D eigenvalue weighted by molar-refractivity contribution is 0.240. The zero-order valence-electron chi connectivity index (χ0n) is 8.92. The van der Waals surface area contributed by atoms with Crippen molar-refractivity contribution in [2.45, 2.75) is 45.7 Å². The standard InChI is InChI=1S/C11H18N2S/c1-8-7-14-11(13-8)6-12-9(2)10-4-3-5-10/h7,9-10,12H,3-6H2,1-2H3. The van der Waals surface area contributed by atoms with Gasteiger partial charge in [-0.15, -0.1) is 11.3 Å². The van der Waals surface area contributed by atoms with Crippen LogP contribution < -0.4 is 5.32 Å². The Balaban J connectivity index is 1.76. The zero-order valence-corrected chi connectivity index (χ0v) is 9.73. The van der Waals surface area contributed by atoms with E-state index in [1.807, 2.05) is 0 Å². The maximum Gasteiger partial charge on any atom is 0.107 e. The van der Waals surface area contributed by atoms with Crippen molar-refractivity contribution in [2.24, 2.45) is 5.92 Å². The molecule has 0 radical (unpaired) electrons. The van der Waals surface area contributed by atoms with Gasteiger partial charge in [0.15, 0.2) is 0 Å². The molecule has 1 aliphatic carbocycles. The highest BCUT2D eigenvalue weighted by Crippen LogP contribution is 2.29. The quantitative estimate of drug-likeness (QED) is 0.826. The predicted octanol–water partition coefficient (Wildman–Crippen LogP) is 2.73. The molecular weight excluding hydrogens is 192 g/mol. The number of nitrogens with zero attached hydrogens (tertiary/aromatic N) is 1. The summed E-state index contributed by atoms with van der Waals surface area (Å²) in [4.78, 5) is 4.44. The van der Waals surface area contributed by atoms with Crippen molar-refractivity contribution in [2.75, 3.05) is 0 Å². The summed E-state index contributed by atoms with van der Waals surface area (Å²) >= 11 is 1.76. The number of nitrogens with one attached hydrogen (secondary N) is 1. The van der Waals surface area contributed by atoms with E-state index in [0.717, 1.165) is 18.2 Å². The van der Waals surface area contributed by atoms with Gasteiger partial charge < -0.3 is 5.32 Å².